The predicted molar refractivity (Wildman–Crippen MR) is 121 cm³/mol. The number of hydrogen-bond donors (Lipinski definition) is 3. The van der Waals surface area contributed by atoms with Gasteiger partial charge in [-0.15, -0.1) is 0 Å². The van der Waals surface area contributed by atoms with Crippen molar-refractivity contribution in [2.45, 2.75) is 39.0 Å². The van der Waals surface area contributed by atoms with Crippen LogP contribution in [-0.2, 0) is 9.59 Å². The summed E-state index contributed by atoms with van der Waals surface area (Å²) in [5.74, 6) is -0.673. The first kappa shape index (κ1) is 24.5. The number of rotatable bonds is 10. The summed E-state index contributed by atoms with van der Waals surface area (Å²) in [4.78, 5) is 36.0. The molecule has 0 aliphatic heterocycles. The van der Waals surface area contributed by atoms with Crippen molar-refractivity contribution in [2.75, 3.05) is 11.9 Å². The van der Waals surface area contributed by atoms with Gasteiger partial charge in [-0.05, 0) is 48.9 Å². The Morgan fingerprint density at radius 2 is 1.61 bits per heavy atom. The van der Waals surface area contributed by atoms with Gasteiger partial charge in [-0.1, -0.05) is 43.0 Å². The molecule has 3 amide bonds. The number of hydrazine groups is 1. The molecule has 0 aromatic heterocycles. The maximum atomic E-state index is 12.1. The van der Waals surface area contributed by atoms with Crippen LogP contribution < -0.4 is 20.9 Å². The molecule has 0 atom stereocenters. The van der Waals surface area contributed by atoms with Gasteiger partial charge >= 0.3 is 0 Å². The van der Waals surface area contributed by atoms with E-state index in [2.05, 4.69) is 23.1 Å². The first-order chi connectivity index (χ1) is 14.9. The molecule has 0 unspecified atom stereocenters. The van der Waals surface area contributed by atoms with Gasteiger partial charge in [0.05, 0.1) is 17.3 Å². The third-order valence-corrected chi connectivity index (χ3v) is 4.78. The van der Waals surface area contributed by atoms with E-state index in [1.54, 1.807) is 36.4 Å². The number of benzene rings is 2. The molecule has 0 aliphatic carbocycles. The van der Waals surface area contributed by atoms with Crippen LogP contribution in [0.25, 0.3) is 0 Å². The van der Waals surface area contributed by atoms with Crippen molar-refractivity contribution in [2.24, 2.45) is 0 Å². The molecular weight excluding hydrogens is 441 g/mol. The van der Waals surface area contributed by atoms with E-state index < -0.39 is 11.8 Å². The molecule has 3 N–H and O–H groups in total. The monoisotopic (exact) mass is 465 g/mol. The summed E-state index contributed by atoms with van der Waals surface area (Å²) in [6, 6.07) is 11.3. The molecule has 2 aromatic rings. The highest BCUT2D eigenvalue weighted by Gasteiger charge is 2.11. The van der Waals surface area contributed by atoms with Crippen LogP contribution in [0.5, 0.6) is 5.75 Å². The van der Waals surface area contributed by atoms with Gasteiger partial charge in [0.25, 0.3) is 5.91 Å². The molecule has 9 heteroatoms. The fourth-order valence-corrected chi connectivity index (χ4v) is 2.99. The Labute approximate surface area is 191 Å². The third-order valence-electron chi connectivity index (χ3n) is 4.23. The first-order valence-electron chi connectivity index (χ1n) is 9.96. The normalized spacial score (nSPS) is 10.3. The molecule has 166 valence electrons. The Kier molecular flexibility index (Phi) is 10.1. The van der Waals surface area contributed by atoms with Crippen LogP contribution in [0.15, 0.2) is 42.5 Å². The zero-order chi connectivity index (χ0) is 22.6. The summed E-state index contributed by atoms with van der Waals surface area (Å²) >= 11 is 11.8. The summed E-state index contributed by atoms with van der Waals surface area (Å²) in [6.45, 7) is 2.76. The Hall–Kier alpha value is -2.77. The van der Waals surface area contributed by atoms with Crippen LogP contribution in [0.3, 0.4) is 0 Å². The Morgan fingerprint density at radius 3 is 2.29 bits per heavy atom. The second-order valence-electron chi connectivity index (χ2n) is 6.75. The third kappa shape index (κ3) is 8.86. The highest BCUT2D eigenvalue weighted by molar-refractivity contribution is 6.36. The fraction of sp³-hybridized carbons (Fsp3) is 0.318. The second-order valence-corrected chi connectivity index (χ2v) is 7.60. The van der Waals surface area contributed by atoms with Gasteiger partial charge in [-0.3, -0.25) is 25.2 Å². The zero-order valence-corrected chi connectivity index (χ0v) is 18.7. The van der Waals surface area contributed by atoms with E-state index in [0.29, 0.717) is 33.7 Å². The number of anilines is 1. The molecule has 0 radical (unpaired) electrons. The minimum atomic E-state index is -0.499. The lowest BCUT2D eigenvalue weighted by Crippen LogP contribution is -2.41. The van der Waals surface area contributed by atoms with Gasteiger partial charge in [0, 0.05) is 23.4 Å². The number of halogens is 2. The lowest BCUT2D eigenvalue weighted by atomic mass is 10.2. The zero-order valence-electron chi connectivity index (χ0n) is 17.2. The Morgan fingerprint density at radius 1 is 0.903 bits per heavy atom. The molecule has 0 aliphatic rings. The Bertz CT molecular complexity index is 904. The van der Waals surface area contributed by atoms with Crippen LogP contribution in [0.2, 0.25) is 10.0 Å². The van der Waals surface area contributed by atoms with Gasteiger partial charge in [0.15, 0.2) is 0 Å². The molecule has 0 heterocycles. The van der Waals surface area contributed by atoms with Gasteiger partial charge in [-0.2, -0.15) is 0 Å². The molecular formula is C22H25Cl2N3O4. The average molecular weight is 466 g/mol. The van der Waals surface area contributed by atoms with Crippen molar-refractivity contribution >= 4 is 46.6 Å². The second kappa shape index (κ2) is 12.8. The molecule has 0 bridgehead atoms. The molecule has 0 saturated heterocycles. The number of carbonyl (C=O) groups excluding carboxylic acids is 3. The van der Waals surface area contributed by atoms with Gasteiger partial charge in [0.1, 0.15) is 5.75 Å². The minimum absolute atomic E-state index is 0.0786. The quantitative estimate of drug-likeness (QED) is 0.348. The highest BCUT2D eigenvalue weighted by atomic mass is 35.5. The van der Waals surface area contributed by atoms with Gasteiger partial charge in [-0.25, -0.2) is 0 Å². The average Bonchev–Trinajstić information content (AvgIpc) is 2.76. The summed E-state index contributed by atoms with van der Waals surface area (Å²) in [7, 11) is 0. The number of ether oxygens (including phenoxy) is 1. The summed E-state index contributed by atoms with van der Waals surface area (Å²) in [5.41, 5.74) is 5.39. The molecule has 31 heavy (non-hydrogen) atoms. The molecule has 2 rings (SSSR count). The van der Waals surface area contributed by atoms with Crippen LogP contribution in [0.4, 0.5) is 5.69 Å². The molecule has 0 fully saturated rings. The van der Waals surface area contributed by atoms with E-state index in [4.69, 9.17) is 27.9 Å². The predicted octanol–water partition coefficient (Wildman–Crippen LogP) is 4.74. The van der Waals surface area contributed by atoms with Crippen LogP contribution in [0.1, 0.15) is 49.4 Å². The van der Waals surface area contributed by atoms with E-state index in [9.17, 15) is 14.4 Å². The van der Waals surface area contributed by atoms with Gasteiger partial charge in [0.2, 0.25) is 11.8 Å². The van der Waals surface area contributed by atoms with Crippen LogP contribution in [-0.4, -0.2) is 24.3 Å². The van der Waals surface area contributed by atoms with Crippen molar-refractivity contribution in [1.29, 1.82) is 0 Å². The lowest BCUT2D eigenvalue weighted by Gasteiger charge is -2.10. The fourth-order valence-electron chi connectivity index (χ4n) is 2.54. The van der Waals surface area contributed by atoms with Gasteiger partial charge < -0.3 is 10.1 Å². The summed E-state index contributed by atoms with van der Waals surface area (Å²) < 4.78 is 5.60. The molecule has 7 nitrogen and oxygen atoms in total. The number of unbranched alkanes of at least 4 members (excludes halogenated alkanes) is 2. The number of nitrogens with one attached hydrogen (secondary N) is 3. The smallest absolute Gasteiger partial charge is 0.269 e. The van der Waals surface area contributed by atoms with E-state index in [0.717, 1.165) is 19.3 Å². The lowest BCUT2D eigenvalue weighted by molar-refractivity contribution is -0.124. The van der Waals surface area contributed by atoms with Crippen molar-refractivity contribution in [3.8, 4) is 5.75 Å². The largest absolute Gasteiger partial charge is 0.494 e. The summed E-state index contributed by atoms with van der Waals surface area (Å²) in [5, 5.41) is 3.35. The van der Waals surface area contributed by atoms with E-state index in [1.165, 1.54) is 6.07 Å². The van der Waals surface area contributed by atoms with Crippen LogP contribution >= 0.6 is 23.2 Å². The highest BCUT2D eigenvalue weighted by Crippen LogP contribution is 2.25. The van der Waals surface area contributed by atoms with E-state index >= 15 is 0 Å². The summed E-state index contributed by atoms with van der Waals surface area (Å²) in [6.07, 6.45) is 3.02. The topological polar surface area (TPSA) is 96.5 Å². The van der Waals surface area contributed by atoms with Crippen molar-refractivity contribution in [1.82, 2.24) is 10.9 Å². The molecule has 2 aromatic carbocycles. The van der Waals surface area contributed by atoms with Crippen molar-refractivity contribution < 1.29 is 19.1 Å². The SMILES string of the molecule is CCCCCOc1ccc(C(=O)NNC(=O)CCC(=O)Nc2ccc(Cl)cc2Cl)cc1. The number of amides is 3. The maximum absolute atomic E-state index is 12.1. The molecule has 0 saturated carbocycles. The minimum Gasteiger partial charge on any atom is -0.494 e. The number of carbonyl (C=O) groups is 3. The molecule has 0 spiro atoms. The standard InChI is InChI=1S/C22H25Cl2N3O4/c1-2-3-4-13-31-17-8-5-15(6-9-17)22(30)27-26-21(29)12-11-20(28)25-19-10-7-16(23)14-18(19)24/h5-10,14H,2-4,11-13H2,1H3,(H,25,28)(H,26,29)(H,27,30). The van der Waals surface area contributed by atoms with E-state index in [-0.39, 0.29) is 18.7 Å². The van der Waals surface area contributed by atoms with Crippen molar-refractivity contribution in [3.63, 3.8) is 0 Å². The maximum Gasteiger partial charge on any atom is 0.269 e. The van der Waals surface area contributed by atoms with Crippen LogP contribution in [0, 0.1) is 0 Å². The Balaban J connectivity index is 1.70. The van der Waals surface area contributed by atoms with Crippen molar-refractivity contribution in [3.05, 3.63) is 58.1 Å². The van der Waals surface area contributed by atoms with E-state index in [1.807, 2.05) is 0 Å². The first-order valence-corrected chi connectivity index (χ1v) is 10.7. The number of hydrogen-bond acceptors (Lipinski definition) is 4.